The molecule has 3 aromatic carbocycles. The van der Waals surface area contributed by atoms with Gasteiger partial charge in [-0.2, -0.15) is 15.3 Å². The number of fused-ring (bicyclic) bond motifs is 2. The molecule has 2 aliphatic rings. The largest absolute Gasteiger partial charge is 0.485 e. The summed E-state index contributed by atoms with van der Waals surface area (Å²) in [5.74, 6) is -0.240. The number of nitrogens with one attached hydrogen (secondary N) is 2. The second-order valence-electron chi connectivity index (χ2n) is 17.0. The van der Waals surface area contributed by atoms with Gasteiger partial charge in [-0.05, 0) is 79.9 Å². The number of benzene rings is 3. The third kappa shape index (κ3) is 19.8. The Balaban J connectivity index is 0.000000369. The second kappa shape index (κ2) is 34.3. The monoisotopic (exact) mass is 1190 g/mol. The lowest BCUT2D eigenvalue weighted by atomic mass is 10.1. The average molecular weight is 1200 g/mol. The molecule has 10 rings (SSSR count). The maximum Gasteiger partial charge on any atom is 0.356 e. The first-order valence-electron chi connectivity index (χ1n) is 24.2. The van der Waals surface area contributed by atoms with Crippen molar-refractivity contribution in [3.63, 3.8) is 0 Å². The maximum atomic E-state index is 12.9. The maximum absolute atomic E-state index is 12.9. The van der Waals surface area contributed by atoms with Gasteiger partial charge in [0.15, 0.2) is 28.8 Å². The minimum Gasteiger partial charge on any atom is -0.485 e. The Morgan fingerprint density at radius 1 is 0.667 bits per heavy atom. The van der Waals surface area contributed by atoms with Crippen molar-refractivity contribution >= 4 is 69.6 Å². The lowest BCUT2D eigenvalue weighted by Gasteiger charge is -2.23. The van der Waals surface area contributed by atoms with Crippen LogP contribution >= 0.6 is 28.3 Å². The lowest BCUT2D eigenvalue weighted by molar-refractivity contribution is -0.122. The highest BCUT2D eigenvalue weighted by molar-refractivity contribution is 9.08. The van der Waals surface area contributed by atoms with Gasteiger partial charge in [0, 0.05) is 50.4 Å². The van der Waals surface area contributed by atoms with Gasteiger partial charge in [-0.3, -0.25) is 38.6 Å². The van der Waals surface area contributed by atoms with Gasteiger partial charge < -0.3 is 30.4 Å². The van der Waals surface area contributed by atoms with Crippen molar-refractivity contribution in [1.82, 2.24) is 45.0 Å². The molecule has 21 nitrogen and oxygen atoms in total. The Morgan fingerprint density at radius 2 is 1.14 bits per heavy atom. The zero-order chi connectivity index (χ0) is 55.3. The zero-order valence-corrected chi connectivity index (χ0v) is 45.7. The predicted molar refractivity (Wildman–Crippen MR) is 318 cm³/mol. The van der Waals surface area contributed by atoms with Gasteiger partial charge in [0.2, 0.25) is 5.91 Å². The van der Waals surface area contributed by atoms with Crippen molar-refractivity contribution in [2.75, 3.05) is 30.5 Å². The summed E-state index contributed by atoms with van der Waals surface area (Å²) in [5.41, 5.74) is 9.95. The summed E-state index contributed by atoms with van der Waals surface area (Å²) in [7, 11) is 3.26. The molecule has 0 radical (unpaired) electrons. The highest BCUT2D eigenvalue weighted by atomic mass is 79.9. The fourth-order valence-electron chi connectivity index (χ4n) is 7.25. The number of pyridine rings is 2. The van der Waals surface area contributed by atoms with E-state index in [0.717, 1.165) is 16.5 Å². The number of aromatic nitrogens is 8. The molecule has 8 aromatic rings. The van der Waals surface area contributed by atoms with E-state index < -0.39 is 30.1 Å². The fraction of sp³-hybridized carbons (Fsp3) is 0.276. The number of aromatic amines is 1. The zero-order valence-electron chi connectivity index (χ0n) is 43.3. The molecule has 3 amide bonds. The number of ether oxygens (including phenoxy) is 3. The van der Waals surface area contributed by atoms with E-state index in [2.05, 4.69) is 68.5 Å². The number of rotatable bonds is 10. The number of H-pyrrole nitrogens is 1. The van der Waals surface area contributed by atoms with Gasteiger partial charge >= 0.3 is 11.9 Å². The van der Waals surface area contributed by atoms with E-state index in [1.807, 2.05) is 78.9 Å². The normalized spacial score (nSPS) is 15.3. The first kappa shape index (κ1) is 68.4. The van der Waals surface area contributed by atoms with Crippen LogP contribution in [0.15, 0.2) is 164 Å². The molecule has 0 spiro atoms. The summed E-state index contributed by atoms with van der Waals surface area (Å²) in [5, 5.41) is 26.7. The van der Waals surface area contributed by atoms with Crippen molar-refractivity contribution in [2.45, 2.75) is 85.8 Å². The molecule has 0 fully saturated rings. The number of carboxylic acid groups (broad SMARTS) is 1. The number of halogens is 2. The lowest BCUT2D eigenvalue weighted by Crippen LogP contribution is -2.53. The first-order chi connectivity index (χ1) is 37.2. The topological polar surface area (TPSA) is 268 Å². The van der Waals surface area contributed by atoms with E-state index in [-0.39, 0.29) is 70.0 Å². The van der Waals surface area contributed by atoms with E-state index in [9.17, 15) is 24.0 Å². The van der Waals surface area contributed by atoms with Crippen molar-refractivity contribution in [3.8, 4) is 11.5 Å². The number of anilines is 2. The first-order valence-corrected chi connectivity index (χ1v) is 25.3. The van der Waals surface area contributed by atoms with Crippen LogP contribution in [0.2, 0.25) is 0 Å². The molecule has 7 heterocycles. The van der Waals surface area contributed by atoms with E-state index >= 15 is 0 Å². The SMILES string of the molecule is BrCc1ccccc1.C.C.C.CCOC(=O)c1ccn[nH]1.C[C@H]1Oc2cccnc2N(C)C(=O)[C@H]1N.C[C@H]1Oc2cccnc2N(C)C(=O)[C@H]1NC(=O)c1ccn(Cc2ccccc2)n1.Cl.O=C(O)c1ccn(Cc2ccccc2)n1. The highest BCUT2D eigenvalue weighted by Crippen LogP contribution is 2.30. The molecule has 23 heteroatoms. The molecule has 0 bridgehead atoms. The van der Waals surface area contributed by atoms with Gasteiger partial charge in [-0.1, -0.05) is 129 Å². The Hall–Kier alpha value is -8.73. The minimum absolute atomic E-state index is 0. The predicted octanol–water partition coefficient (Wildman–Crippen LogP) is 9.15. The third-order valence-corrected chi connectivity index (χ3v) is 12.0. The number of esters is 1. The third-order valence-electron chi connectivity index (χ3n) is 11.3. The molecule has 5 N–H and O–H groups in total. The number of carbonyl (C=O) groups is 5. The summed E-state index contributed by atoms with van der Waals surface area (Å²) in [6.45, 7) is 6.81. The number of hydrogen-bond acceptors (Lipinski definition) is 14. The highest BCUT2D eigenvalue weighted by Gasteiger charge is 2.37. The number of hydrogen-bond donors (Lipinski definition) is 4. The van der Waals surface area contributed by atoms with Crippen LogP contribution in [0.1, 0.15) is 91.2 Å². The number of nitrogens with two attached hydrogens (primary N) is 1. The van der Waals surface area contributed by atoms with Gasteiger partial charge in [-0.15, -0.1) is 12.4 Å². The van der Waals surface area contributed by atoms with Crippen LogP contribution in [0.4, 0.5) is 11.6 Å². The van der Waals surface area contributed by atoms with Gasteiger partial charge in [-0.25, -0.2) is 19.6 Å². The molecule has 0 unspecified atom stereocenters. The molecule has 81 heavy (non-hydrogen) atoms. The van der Waals surface area contributed by atoms with Gasteiger partial charge in [0.05, 0.1) is 19.7 Å². The van der Waals surface area contributed by atoms with Crippen molar-refractivity contribution in [2.24, 2.45) is 5.73 Å². The number of alkyl halides is 1. The summed E-state index contributed by atoms with van der Waals surface area (Å²) in [4.78, 5) is 70.0. The summed E-state index contributed by atoms with van der Waals surface area (Å²) in [6.07, 6.45) is 7.21. The van der Waals surface area contributed by atoms with Crippen molar-refractivity contribution < 1.29 is 43.3 Å². The van der Waals surface area contributed by atoms with Crippen molar-refractivity contribution in [3.05, 3.63) is 198 Å². The number of carboxylic acids is 1. The molecule has 432 valence electrons. The number of carbonyl (C=O) groups excluding carboxylic acids is 4. The molecule has 4 atom stereocenters. The number of aromatic carboxylic acids is 1. The molecule has 0 aliphatic carbocycles. The molecule has 0 saturated carbocycles. The summed E-state index contributed by atoms with van der Waals surface area (Å²) >= 11 is 3.36. The van der Waals surface area contributed by atoms with Crippen LogP contribution in [-0.2, 0) is 32.7 Å². The molecular weight excluding hydrogens is 1120 g/mol. The second-order valence-corrected chi connectivity index (χ2v) is 17.5. The van der Waals surface area contributed by atoms with Crippen LogP contribution in [0.25, 0.3) is 0 Å². The van der Waals surface area contributed by atoms with Gasteiger partial charge in [0.25, 0.3) is 11.8 Å². The van der Waals surface area contributed by atoms with E-state index in [0.29, 0.717) is 48.5 Å². The molecular formula is C58H72BrClN12O9. The fourth-order valence-corrected chi connectivity index (χ4v) is 7.63. The Labute approximate surface area is 487 Å². The smallest absolute Gasteiger partial charge is 0.356 e. The average Bonchev–Trinajstić information content (AvgIpc) is 4.36. The van der Waals surface area contributed by atoms with Gasteiger partial charge in [0.1, 0.15) is 35.7 Å². The number of likely N-dealkylation sites (N-methyl/N-ethyl adjacent to an activating group) is 2. The molecule has 2 aliphatic heterocycles. The summed E-state index contributed by atoms with van der Waals surface area (Å²) in [6, 6.07) is 40.1. The quantitative estimate of drug-likeness (QED) is 0.0734. The van der Waals surface area contributed by atoms with E-state index in [1.165, 1.54) is 27.6 Å². The molecule has 0 saturated heterocycles. The Kier molecular flexibility index (Phi) is 29.0. The number of nitrogens with zero attached hydrogens (tertiary/aromatic N) is 9. The van der Waals surface area contributed by atoms with Crippen LogP contribution in [0.3, 0.4) is 0 Å². The van der Waals surface area contributed by atoms with E-state index in [1.54, 1.807) is 105 Å². The standard InChI is InChI=1S/C21H21N5O3.C11H10N2O2.C10H13N3O2.C7H7Br.C6H8N2O2.3CH4.ClH/c1-14-18(21(28)25(2)19-17(29-14)9-6-11-22-19)23-20(27)16-10-12-26(24-16)13-15-7-4-3-5-8-15;14-11(15)10-6-7-13(12-10)8-9-4-2-1-3-5-9;1-6-8(11)10(14)13(2)9-7(15-6)4-3-5-12-9;8-6-7-4-2-1-3-5-7;1-2-10-6(9)5-3-4-7-8-5;;;;/h3-12,14,18H,13H2,1-2H3,(H,23,27);1-7H,8H2,(H,14,15);3-6,8H,11H2,1-2H3;1-5H,6H2;3-4H,2H2,1H3,(H,7,8);3*1H4;1H/t14-,18+;;6-,8+;;;;;;/m1.1....../s1. The Morgan fingerprint density at radius 3 is 1.58 bits per heavy atom. The van der Waals surface area contributed by atoms with Crippen LogP contribution in [0, 0.1) is 0 Å². The van der Waals surface area contributed by atoms with Crippen LogP contribution in [0.5, 0.6) is 11.5 Å². The number of amides is 3. The molecule has 5 aromatic heterocycles. The van der Waals surface area contributed by atoms with Crippen LogP contribution in [-0.4, -0.2) is 119 Å². The minimum atomic E-state index is -0.998. The van der Waals surface area contributed by atoms with Crippen LogP contribution < -0.4 is 30.3 Å². The Bertz CT molecular complexity index is 3150. The van der Waals surface area contributed by atoms with Crippen molar-refractivity contribution in [1.29, 1.82) is 0 Å². The summed E-state index contributed by atoms with van der Waals surface area (Å²) < 4.78 is 19.4. The van der Waals surface area contributed by atoms with E-state index in [4.69, 9.17) is 20.3 Å².